The van der Waals surface area contributed by atoms with Crippen LogP contribution in [-0.4, -0.2) is 27.8 Å². The molecule has 1 aromatic heterocycles. The van der Waals surface area contributed by atoms with E-state index in [0.717, 1.165) is 34.9 Å². The number of rotatable bonds is 9. The highest BCUT2D eigenvalue weighted by atomic mass is 33.1. The van der Waals surface area contributed by atoms with Gasteiger partial charge in [0.1, 0.15) is 0 Å². The molecule has 8 heteroatoms. The Balaban J connectivity index is 1.45. The van der Waals surface area contributed by atoms with E-state index in [9.17, 15) is 9.59 Å². The molecule has 0 bridgehead atoms. The third kappa shape index (κ3) is 7.04. The second-order valence-corrected chi connectivity index (χ2v) is 10.9. The normalized spacial score (nSPS) is 17.1. The summed E-state index contributed by atoms with van der Waals surface area (Å²) in [6.45, 7) is 3.47. The molecular weight excluding hydrogens is 422 g/mol. The average molecular weight is 450 g/mol. The highest BCUT2D eigenvalue weighted by molar-refractivity contribution is 8.77. The first-order valence-corrected chi connectivity index (χ1v) is 13.2. The van der Waals surface area contributed by atoms with Gasteiger partial charge in [0.05, 0.1) is 11.7 Å². The topological polar surface area (TPSA) is 71.1 Å². The van der Waals surface area contributed by atoms with Crippen LogP contribution in [0.25, 0.3) is 11.3 Å². The molecule has 2 heterocycles. The molecule has 3 rings (SSSR count). The van der Waals surface area contributed by atoms with Crippen LogP contribution in [0.15, 0.2) is 29.6 Å². The number of unbranched alkanes of at least 4 members (excludes halogenated alkanes) is 1. The second kappa shape index (κ2) is 11.0. The molecule has 156 valence electrons. The highest BCUT2D eigenvalue weighted by Crippen LogP contribution is 2.39. The molecule has 1 saturated heterocycles. The molecule has 1 aliphatic heterocycles. The summed E-state index contributed by atoms with van der Waals surface area (Å²) in [5.41, 5.74) is 2.88. The molecule has 2 unspecified atom stereocenters. The minimum Gasteiger partial charge on any atom is -0.350 e. The Kier molecular flexibility index (Phi) is 8.44. The van der Waals surface area contributed by atoms with E-state index in [-0.39, 0.29) is 17.9 Å². The smallest absolute Gasteiger partial charge is 0.226 e. The van der Waals surface area contributed by atoms with Gasteiger partial charge >= 0.3 is 0 Å². The number of anilines is 1. The Morgan fingerprint density at radius 2 is 2.03 bits per heavy atom. The summed E-state index contributed by atoms with van der Waals surface area (Å²) in [7, 11) is 3.97. The number of aromatic nitrogens is 1. The summed E-state index contributed by atoms with van der Waals surface area (Å²) in [5, 5.41) is 9.17. The minimum atomic E-state index is -0.0436. The van der Waals surface area contributed by atoms with Gasteiger partial charge in [0, 0.05) is 35.3 Å². The molecule has 2 atom stereocenters. The van der Waals surface area contributed by atoms with Crippen molar-refractivity contribution in [2.45, 2.75) is 57.2 Å². The van der Waals surface area contributed by atoms with E-state index >= 15 is 0 Å². The van der Waals surface area contributed by atoms with Crippen molar-refractivity contribution in [2.75, 3.05) is 11.1 Å². The van der Waals surface area contributed by atoms with Gasteiger partial charge in [-0.05, 0) is 31.7 Å². The zero-order valence-corrected chi connectivity index (χ0v) is 19.2. The lowest BCUT2D eigenvalue weighted by Gasteiger charge is -2.13. The Bertz CT molecular complexity index is 817. The van der Waals surface area contributed by atoms with Crippen LogP contribution in [0.2, 0.25) is 0 Å². The van der Waals surface area contributed by atoms with Gasteiger partial charge in [0.2, 0.25) is 11.8 Å². The van der Waals surface area contributed by atoms with Crippen molar-refractivity contribution in [2.24, 2.45) is 0 Å². The summed E-state index contributed by atoms with van der Waals surface area (Å²) >= 11 is 1.45. The van der Waals surface area contributed by atoms with Crippen LogP contribution in [-0.2, 0) is 9.59 Å². The van der Waals surface area contributed by atoms with Crippen LogP contribution in [0.5, 0.6) is 0 Å². The molecule has 1 aliphatic rings. The number of nitrogens with zero attached hydrogens (tertiary/aromatic N) is 1. The lowest BCUT2D eigenvalue weighted by molar-refractivity contribution is -0.119. The number of carbonyl (C=O) groups excluding carboxylic acids is 2. The van der Waals surface area contributed by atoms with Crippen molar-refractivity contribution < 1.29 is 9.59 Å². The van der Waals surface area contributed by atoms with Gasteiger partial charge in [0.25, 0.3) is 0 Å². The molecule has 0 radical (unpaired) electrons. The number of benzene rings is 1. The van der Waals surface area contributed by atoms with Crippen LogP contribution in [0, 0.1) is 0 Å². The fourth-order valence-electron chi connectivity index (χ4n) is 3.20. The standard InChI is InChI=1S/C21H27N3O2S3/c1-14(22-15(2)25)16-7-9-17(10-8-16)19-13-27-21(23-19)24-20(26)6-4-3-5-18-11-12-28-29-18/h7-10,13-14,18H,3-6,11-12H2,1-2H3,(H,22,25)(H,23,24,26). The fraction of sp³-hybridized carbons (Fsp3) is 0.476. The third-order valence-corrected chi connectivity index (χ3v) is 8.55. The highest BCUT2D eigenvalue weighted by Gasteiger charge is 2.16. The van der Waals surface area contributed by atoms with Crippen LogP contribution < -0.4 is 10.6 Å². The summed E-state index contributed by atoms with van der Waals surface area (Å²) in [6, 6.07) is 7.95. The monoisotopic (exact) mass is 449 g/mol. The quantitative estimate of drug-likeness (QED) is 0.382. The lowest BCUT2D eigenvalue weighted by Crippen LogP contribution is -2.23. The summed E-state index contributed by atoms with van der Waals surface area (Å²) < 4.78 is 0. The zero-order chi connectivity index (χ0) is 20.6. The van der Waals surface area contributed by atoms with E-state index in [1.807, 2.05) is 58.2 Å². The van der Waals surface area contributed by atoms with Gasteiger partial charge in [0.15, 0.2) is 5.13 Å². The van der Waals surface area contributed by atoms with Crippen molar-refractivity contribution in [3.05, 3.63) is 35.2 Å². The van der Waals surface area contributed by atoms with E-state index in [1.54, 1.807) is 0 Å². The maximum atomic E-state index is 12.2. The SMILES string of the molecule is CC(=O)NC(C)c1ccc(-c2csc(NC(=O)CCCCC3CCSS3)n2)cc1. The Morgan fingerprint density at radius 1 is 1.24 bits per heavy atom. The van der Waals surface area contributed by atoms with Crippen molar-refractivity contribution in [1.82, 2.24) is 10.3 Å². The molecular formula is C21H27N3O2S3. The molecule has 0 spiro atoms. The number of nitrogens with one attached hydrogen (secondary N) is 2. The number of carbonyl (C=O) groups is 2. The molecule has 5 nitrogen and oxygen atoms in total. The van der Waals surface area contributed by atoms with Crippen LogP contribution in [0.3, 0.4) is 0 Å². The summed E-state index contributed by atoms with van der Waals surface area (Å²) in [5.74, 6) is 1.26. The maximum absolute atomic E-state index is 12.2. The predicted octanol–water partition coefficient (Wildman–Crippen LogP) is 5.66. The Hall–Kier alpha value is -1.51. The molecule has 0 aliphatic carbocycles. The Labute approximate surface area is 184 Å². The molecule has 2 N–H and O–H groups in total. The summed E-state index contributed by atoms with van der Waals surface area (Å²) in [4.78, 5) is 27.9. The molecule has 2 amide bonds. The number of thiazole rings is 1. The zero-order valence-electron chi connectivity index (χ0n) is 16.8. The lowest BCUT2D eigenvalue weighted by atomic mass is 10.1. The molecule has 1 aromatic carbocycles. The van der Waals surface area contributed by atoms with Crippen LogP contribution >= 0.6 is 32.9 Å². The number of amides is 2. The molecule has 0 saturated carbocycles. The summed E-state index contributed by atoms with van der Waals surface area (Å²) in [6.07, 6.45) is 5.10. The van der Waals surface area contributed by atoms with Crippen LogP contribution in [0.1, 0.15) is 57.6 Å². The van der Waals surface area contributed by atoms with Gasteiger partial charge in [-0.15, -0.1) is 11.3 Å². The van der Waals surface area contributed by atoms with Crippen molar-refractivity contribution >= 4 is 49.9 Å². The van der Waals surface area contributed by atoms with Gasteiger partial charge in [-0.3, -0.25) is 9.59 Å². The third-order valence-electron chi connectivity index (χ3n) is 4.78. The largest absolute Gasteiger partial charge is 0.350 e. The van der Waals surface area contributed by atoms with Gasteiger partial charge < -0.3 is 10.6 Å². The van der Waals surface area contributed by atoms with Crippen molar-refractivity contribution in [3.63, 3.8) is 0 Å². The molecule has 1 fully saturated rings. The number of hydrogen-bond donors (Lipinski definition) is 2. The predicted molar refractivity (Wildman–Crippen MR) is 125 cm³/mol. The van der Waals surface area contributed by atoms with E-state index in [4.69, 9.17) is 0 Å². The fourth-order valence-corrected chi connectivity index (χ4v) is 6.96. The molecule has 2 aromatic rings. The van der Waals surface area contributed by atoms with Gasteiger partial charge in [-0.2, -0.15) is 0 Å². The van der Waals surface area contributed by atoms with E-state index in [0.29, 0.717) is 11.6 Å². The van der Waals surface area contributed by atoms with E-state index < -0.39 is 0 Å². The van der Waals surface area contributed by atoms with Crippen molar-refractivity contribution in [1.29, 1.82) is 0 Å². The average Bonchev–Trinajstić information content (AvgIpc) is 3.37. The second-order valence-electron chi connectivity index (χ2n) is 7.20. The maximum Gasteiger partial charge on any atom is 0.226 e. The van der Waals surface area contributed by atoms with Crippen LogP contribution in [0.4, 0.5) is 5.13 Å². The first-order chi connectivity index (χ1) is 14.0. The van der Waals surface area contributed by atoms with E-state index in [1.165, 1.54) is 36.9 Å². The Morgan fingerprint density at radius 3 is 2.72 bits per heavy atom. The van der Waals surface area contributed by atoms with Crippen molar-refractivity contribution in [3.8, 4) is 11.3 Å². The van der Waals surface area contributed by atoms with E-state index in [2.05, 4.69) is 15.6 Å². The minimum absolute atomic E-state index is 0.0298. The number of hydrogen-bond acceptors (Lipinski definition) is 6. The molecule has 29 heavy (non-hydrogen) atoms. The first-order valence-electron chi connectivity index (χ1n) is 9.92. The van der Waals surface area contributed by atoms with Gasteiger partial charge in [-0.25, -0.2) is 4.98 Å². The first kappa shape index (κ1) is 22.2. The van der Waals surface area contributed by atoms with Gasteiger partial charge in [-0.1, -0.05) is 52.3 Å².